The quantitative estimate of drug-likeness (QED) is 0.747. The predicted octanol–water partition coefficient (Wildman–Crippen LogP) is 4.11. The molecule has 0 spiro atoms. The highest BCUT2D eigenvalue weighted by Crippen LogP contribution is 2.55. The molecule has 1 heterocycles. The molecule has 0 fully saturated rings. The van der Waals surface area contributed by atoms with E-state index in [0.717, 1.165) is 13.1 Å². The van der Waals surface area contributed by atoms with Crippen molar-refractivity contribution < 1.29 is 0 Å². The number of nitrogens with zero attached hydrogens (tertiary/aromatic N) is 1. The molecule has 3 aliphatic carbocycles. The van der Waals surface area contributed by atoms with Crippen LogP contribution in [0.25, 0.3) is 0 Å². The number of fused-ring (bicyclic) bond motifs is 1. The standard InChI is InChI=1S/C21H21N3S/c22-21-24-12-14(25-21)11-23-10-13-9-19-15-5-1-3-7-17(15)20(13)18-8-4-2-6-16(18)19/h1-8,12-13,19-20,23H,9-11H2,(H2,22,24). The molecule has 25 heavy (non-hydrogen) atoms. The highest BCUT2D eigenvalue weighted by Gasteiger charge is 2.42. The Balaban J connectivity index is 1.42. The number of aromatic nitrogens is 1. The molecule has 4 heteroatoms. The second kappa shape index (κ2) is 5.97. The molecule has 0 radical (unpaired) electrons. The van der Waals surface area contributed by atoms with E-state index in [1.54, 1.807) is 11.3 Å². The van der Waals surface area contributed by atoms with Crippen LogP contribution in [-0.4, -0.2) is 11.5 Å². The van der Waals surface area contributed by atoms with Crippen LogP contribution in [0.2, 0.25) is 0 Å². The van der Waals surface area contributed by atoms with Gasteiger partial charge in [0.1, 0.15) is 0 Å². The summed E-state index contributed by atoms with van der Waals surface area (Å²) < 4.78 is 0. The lowest BCUT2D eigenvalue weighted by atomic mass is 9.59. The molecule has 0 saturated heterocycles. The predicted molar refractivity (Wildman–Crippen MR) is 103 cm³/mol. The summed E-state index contributed by atoms with van der Waals surface area (Å²) in [6, 6.07) is 18.1. The molecule has 0 amide bonds. The van der Waals surface area contributed by atoms with E-state index in [0.29, 0.717) is 22.9 Å². The fourth-order valence-corrected chi connectivity index (χ4v) is 5.40. The number of nitrogens with one attached hydrogen (secondary N) is 1. The first kappa shape index (κ1) is 15.1. The molecule has 1 aromatic heterocycles. The average Bonchev–Trinajstić information content (AvgIpc) is 3.07. The van der Waals surface area contributed by atoms with E-state index in [2.05, 4.69) is 58.8 Å². The van der Waals surface area contributed by atoms with Gasteiger partial charge in [0.05, 0.1) is 0 Å². The Morgan fingerprint density at radius 1 is 1.00 bits per heavy atom. The lowest BCUT2D eigenvalue weighted by Crippen LogP contribution is -2.37. The minimum absolute atomic E-state index is 0.511. The number of nitrogens with two attached hydrogens (primary N) is 1. The van der Waals surface area contributed by atoms with Crippen molar-refractivity contribution in [2.24, 2.45) is 5.92 Å². The maximum atomic E-state index is 5.73. The molecule has 6 rings (SSSR count). The summed E-state index contributed by atoms with van der Waals surface area (Å²) in [5.41, 5.74) is 11.9. The fraction of sp³-hybridized carbons (Fsp3) is 0.286. The zero-order valence-corrected chi connectivity index (χ0v) is 14.8. The molecule has 2 bridgehead atoms. The molecule has 3 N–H and O–H groups in total. The summed E-state index contributed by atoms with van der Waals surface area (Å²) in [6.07, 6.45) is 3.11. The van der Waals surface area contributed by atoms with Crippen molar-refractivity contribution in [1.82, 2.24) is 10.3 Å². The van der Waals surface area contributed by atoms with Crippen LogP contribution in [0.15, 0.2) is 54.7 Å². The SMILES string of the molecule is Nc1ncc(CNCC2CC3c4ccccc4C2c2ccccc23)s1. The highest BCUT2D eigenvalue weighted by molar-refractivity contribution is 7.15. The minimum atomic E-state index is 0.511. The van der Waals surface area contributed by atoms with Gasteiger partial charge in [0, 0.05) is 29.5 Å². The van der Waals surface area contributed by atoms with Gasteiger partial charge < -0.3 is 11.1 Å². The third-order valence-electron chi connectivity index (χ3n) is 5.70. The maximum absolute atomic E-state index is 5.73. The zero-order valence-electron chi connectivity index (χ0n) is 14.0. The Morgan fingerprint density at radius 3 is 2.24 bits per heavy atom. The summed E-state index contributed by atoms with van der Waals surface area (Å²) >= 11 is 1.57. The molecular formula is C21H21N3S. The third-order valence-corrected chi connectivity index (χ3v) is 6.53. The average molecular weight is 347 g/mol. The highest BCUT2D eigenvalue weighted by atomic mass is 32.1. The van der Waals surface area contributed by atoms with Crippen molar-refractivity contribution in [2.45, 2.75) is 24.8 Å². The number of hydrogen-bond donors (Lipinski definition) is 2. The number of hydrogen-bond acceptors (Lipinski definition) is 4. The second-order valence-electron chi connectivity index (χ2n) is 7.08. The van der Waals surface area contributed by atoms with Crippen LogP contribution in [0.3, 0.4) is 0 Å². The molecule has 2 aromatic carbocycles. The van der Waals surface area contributed by atoms with Gasteiger partial charge in [0.15, 0.2) is 5.13 Å². The van der Waals surface area contributed by atoms with Gasteiger partial charge in [-0.2, -0.15) is 0 Å². The molecule has 1 atom stereocenters. The fourth-order valence-electron chi connectivity index (χ4n) is 4.74. The summed E-state index contributed by atoms with van der Waals surface area (Å²) in [5, 5.41) is 4.30. The summed E-state index contributed by atoms with van der Waals surface area (Å²) in [4.78, 5) is 5.34. The van der Waals surface area contributed by atoms with Crippen molar-refractivity contribution in [3.63, 3.8) is 0 Å². The van der Waals surface area contributed by atoms with Crippen LogP contribution in [0.5, 0.6) is 0 Å². The number of nitrogen functional groups attached to an aromatic ring is 1. The second-order valence-corrected chi connectivity index (χ2v) is 8.23. The molecule has 126 valence electrons. The number of rotatable bonds is 4. The Kier molecular flexibility index (Phi) is 3.61. The number of anilines is 1. The Bertz CT molecular complexity index is 869. The van der Waals surface area contributed by atoms with Crippen LogP contribution in [0, 0.1) is 5.92 Å². The van der Waals surface area contributed by atoms with Gasteiger partial charge in [-0.1, -0.05) is 48.5 Å². The van der Waals surface area contributed by atoms with E-state index >= 15 is 0 Å². The van der Waals surface area contributed by atoms with E-state index in [9.17, 15) is 0 Å². The van der Waals surface area contributed by atoms with E-state index in [4.69, 9.17) is 5.73 Å². The van der Waals surface area contributed by atoms with Crippen LogP contribution in [0.4, 0.5) is 5.13 Å². The van der Waals surface area contributed by atoms with Crippen molar-refractivity contribution in [3.8, 4) is 0 Å². The van der Waals surface area contributed by atoms with Gasteiger partial charge >= 0.3 is 0 Å². The van der Waals surface area contributed by atoms with Gasteiger partial charge in [-0.25, -0.2) is 4.98 Å². The van der Waals surface area contributed by atoms with E-state index in [1.807, 2.05) is 6.20 Å². The zero-order chi connectivity index (χ0) is 16.8. The van der Waals surface area contributed by atoms with Crippen LogP contribution < -0.4 is 11.1 Å². The monoisotopic (exact) mass is 347 g/mol. The van der Waals surface area contributed by atoms with Crippen LogP contribution in [0.1, 0.15) is 45.4 Å². The van der Waals surface area contributed by atoms with Crippen molar-refractivity contribution >= 4 is 16.5 Å². The topological polar surface area (TPSA) is 50.9 Å². The molecule has 1 unspecified atom stereocenters. The van der Waals surface area contributed by atoms with Gasteiger partial charge in [0.25, 0.3) is 0 Å². The van der Waals surface area contributed by atoms with Crippen molar-refractivity contribution in [2.75, 3.05) is 12.3 Å². The minimum Gasteiger partial charge on any atom is -0.375 e. The first-order valence-electron chi connectivity index (χ1n) is 8.90. The van der Waals surface area contributed by atoms with E-state index in [1.165, 1.54) is 33.6 Å². The van der Waals surface area contributed by atoms with Crippen LogP contribution >= 0.6 is 11.3 Å². The third kappa shape index (κ3) is 2.48. The largest absolute Gasteiger partial charge is 0.375 e. The number of thiazole rings is 1. The summed E-state index contributed by atoms with van der Waals surface area (Å²) in [5.74, 6) is 1.69. The summed E-state index contributed by atoms with van der Waals surface area (Å²) in [6.45, 7) is 1.88. The van der Waals surface area contributed by atoms with Gasteiger partial charge in [-0.3, -0.25) is 0 Å². The lowest BCUT2D eigenvalue weighted by Gasteiger charge is -2.45. The first-order valence-corrected chi connectivity index (χ1v) is 9.71. The molecule has 3 aliphatic rings. The van der Waals surface area contributed by atoms with Gasteiger partial charge in [-0.15, -0.1) is 11.3 Å². The van der Waals surface area contributed by atoms with Crippen molar-refractivity contribution in [3.05, 3.63) is 81.9 Å². The first-order chi connectivity index (χ1) is 12.3. The molecule has 3 aromatic rings. The van der Waals surface area contributed by atoms with Crippen LogP contribution in [-0.2, 0) is 6.54 Å². The molecule has 0 aliphatic heterocycles. The molecular weight excluding hydrogens is 326 g/mol. The van der Waals surface area contributed by atoms with E-state index < -0.39 is 0 Å². The summed E-state index contributed by atoms with van der Waals surface area (Å²) in [7, 11) is 0. The smallest absolute Gasteiger partial charge is 0.180 e. The maximum Gasteiger partial charge on any atom is 0.180 e. The Hall–Kier alpha value is -2.17. The van der Waals surface area contributed by atoms with Gasteiger partial charge in [0.2, 0.25) is 0 Å². The lowest BCUT2D eigenvalue weighted by molar-refractivity contribution is 0.339. The normalized spacial score (nSPS) is 23.3. The molecule has 3 nitrogen and oxygen atoms in total. The Morgan fingerprint density at radius 2 is 1.64 bits per heavy atom. The Labute approximate surface area is 151 Å². The van der Waals surface area contributed by atoms with Crippen molar-refractivity contribution in [1.29, 1.82) is 0 Å². The molecule has 0 saturated carbocycles. The number of benzene rings is 2. The van der Waals surface area contributed by atoms with Gasteiger partial charge in [-0.05, 0) is 41.1 Å². The van der Waals surface area contributed by atoms with E-state index in [-0.39, 0.29) is 0 Å².